The molecule has 0 aliphatic rings. The minimum Gasteiger partial charge on any atom is -0.504 e. The van der Waals surface area contributed by atoms with Gasteiger partial charge in [-0.1, -0.05) is 6.07 Å². The highest BCUT2D eigenvalue weighted by Crippen LogP contribution is 2.29. The van der Waals surface area contributed by atoms with Crippen LogP contribution in [0.4, 0.5) is 0 Å². The molecule has 2 N–H and O–H groups in total. The largest absolute Gasteiger partial charge is 0.504 e. The van der Waals surface area contributed by atoms with E-state index in [-0.39, 0.29) is 12.2 Å². The standard InChI is InChI=1S/C10H11NO3/c1-14-10-3-2-7(6-9(10)13)8(12)4-5-11/h2-3,6,8,12-13H,4H2,1H3. The number of methoxy groups -OCH3 is 1. The molecule has 0 spiro atoms. The average molecular weight is 193 g/mol. The molecule has 1 unspecified atom stereocenters. The molecule has 14 heavy (non-hydrogen) atoms. The molecule has 0 fully saturated rings. The fourth-order valence-corrected chi connectivity index (χ4v) is 1.12. The van der Waals surface area contributed by atoms with E-state index in [9.17, 15) is 10.2 Å². The Hall–Kier alpha value is -1.73. The number of rotatable bonds is 3. The molecule has 0 aliphatic carbocycles. The molecule has 0 saturated carbocycles. The van der Waals surface area contributed by atoms with E-state index >= 15 is 0 Å². The molecule has 0 aliphatic heterocycles. The first-order chi connectivity index (χ1) is 6.69. The van der Waals surface area contributed by atoms with E-state index in [4.69, 9.17) is 10.00 Å². The van der Waals surface area contributed by atoms with E-state index in [1.54, 1.807) is 12.1 Å². The maximum absolute atomic E-state index is 9.43. The van der Waals surface area contributed by atoms with Crippen molar-refractivity contribution in [2.45, 2.75) is 12.5 Å². The van der Waals surface area contributed by atoms with Gasteiger partial charge in [-0.15, -0.1) is 0 Å². The van der Waals surface area contributed by atoms with Gasteiger partial charge in [0.15, 0.2) is 11.5 Å². The van der Waals surface area contributed by atoms with Crippen molar-refractivity contribution in [1.29, 1.82) is 5.26 Å². The first-order valence-corrected chi connectivity index (χ1v) is 4.11. The Kier molecular flexibility index (Phi) is 3.32. The number of phenolic OH excluding ortho intramolecular Hbond substituents is 1. The lowest BCUT2D eigenvalue weighted by atomic mass is 10.1. The van der Waals surface area contributed by atoms with Crippen LogP contribution in [-0.2, 0) is 0 Å². The van der Waals surface area contributed by atoms with Crippen LogP contribution in [0.1, 0.15) is 18.1 Å². The summed E-state index contributed by atoms with van der Waals surface area (Å²) in [5.41, 5.74) is 0.504. The third-order valence-corrected chi connectivity index (χ3v) is 1.87. The van der Waals surface area contributed by atoms with Crippen LogP contribution in [-0.4, -0.2) is 17.3 Å². The van der Waals surface area contributed by atoms with Gasteiger partial charge in [-0.05, 0) is 17.7 Å². The van der Waals surface area contributed by atoms with Gasteiger partial charge in [-0.25, -0.2) is 0 Å². The molecule has 0 amide bonds. The van der Waals surface area contributed by atoms with E-state index in [1.165, 1.54) is 13.2 Å². The Labute approximate surface area is 82.0 Å². The van der Waals surface area contributed by atoms with E-state index in [0.717, 1.165) is 0 Å². The fraction of sp³-hybridized carbons (Fsp3) is 0.300. The zero-order valence-corrected chi connectivity index (χ0v) is 7.77. The maximum Gasteiger partial charge on any atom is 0.160 e. The fourth-order valence-electron chi connectivity index (χ4n) is 1.12. The summed E-state index contributed by atoms with van der Waals surface area (Å²) < 4.78 is 4.84. The Morgan fingerprint density at radius 2 is 2.29 bits per heavy atom. The normalized spacial score (nSPS) is 11.8. The molecule has 0 heterocycles. The Morgan fingerprint density at radius 3 is 2.79 bits per heavy atom. The SMILES string of the molecule is COc1ccc(C(O)CC#N)cc1O. The highest BCUT2D eigenvalue weighted by molar-refractivity contribution is 5.42. The number of nitriles is 1. The molecule has 74 valence electrons. The van der Waals surface area contributed by atoms with Gasteiger partial charge in [-0.3, -0.25) is 0 Å². The van der Waals surface area contributed by atoms with Crippen LogP contribution in [0.25, 0.3) is 0 Å². The molecular weight excluding hydrogens is 182 g/mol. The van der Waals surface area contributed by atoms with Crippen molar-refractivity contribution in [2.75, 3.05) is 7.11 Å². The number of aliphatic hydroxyl groups is 1. The Bertz CT molecular complexity index is 357. The Morgan fingerprint density at radius 1 is 1.57 bits per heavy atom. The number of benzene rings is 1. The second-order valence-electron chi connectivity index (χ2n) is 2.81. The number of ether oxygens (including phenoxy) is 1. The van der Waals surface area contributed by atoms with Crippen LogP contribution in [0, 0.1) is 11.3 Å². The van der Waals surface area contributed by atoms with Gasteiger partial charge in [0.05, 0.1) is 25.7 Å². The van der Waals surface area contributed by atoms with Crippen molar-refractivity contribution in [3.8, 4) is 17.6 Å². The van der Waals surface area contributed by atoms with Crippen LogP contribution in [0.2, 0.25) is 0 Å². The molecule has 0 radical (unpaired) electrons. The Balaban J connectivity index is 2.92. The molecule has 1 aromatic rings. The van der Waals surface area contributed by atoms with Gasteiger partial charge >= 0.3 is 0 Å². The highest BCUT2D eigenvalue weighted by atomic mass is 16.5. The number of nitrogens with zero attached hydrogens (tertiary/aromatic N) is 1. The summed E-state index contributed by atoms with van der Waals surface area (Å²) in [6, 6.07) is 6.40. The summed E-state index contributed by atoms with van der Waals surface area (Å²) in [7, 11) is 1.44. The van der Waals surface area contributed by atoms with Crippen molar-refractivity contribution in [1.82, 2.24) is 0 Å². The van der Waals surface area contributed by atoms with Gasteiger partial charge in [-0.2, -0.15) is 5.26 Å². The predicted molar refractivity (Wildman–Crippen MR) is 49.8 cm³/mol. The van der Waals surface area contributed by atoms with Crippen LogP contribution in [0.5, 0.6) is 11.5 Å². The minimum absolute atomic E-state index is 0.00572. The average Bonchev–Trinajstić information content (AvgIpc) is 2.18. The molecule has 4 heteroatoms. The monoisotopic (exact) mass is 193 g/mol. The quantitative estimate of drug-likeness (QED) is 0.759. The molecule has 1 rings (SSSR count). The van der Waals surface area contributed by atoms with Crippen LogP contribution < -0.4 is 4.74 Å². The van der Waals surface area contributed by atoms with Crippen LogP contribution in [0.3, 0.4) is 0 Å². The molecular formula is C10H11NO3. The molecule has 0 aromatic heterocycles. The minimum atomic E-state index is -0.864. The topological polar surface area (TPSA) is 73.5 Å². The molecule has 4 nitrogen and oxygen atoms in total. The number of hydrogen-bond acceptors (Lipinski definition) is 4. The lowest BCUT2D eigenvalue weighted by molar-refractivity contribution is 0.183. The molecule has 1 atom stereocenters. The molecule has 0 saturated heterocycles. The summed E-state index contributed by atoms with van der Waals surface area (Å²) in [4.78, 5) is 0. The summed E-state index contributed by atoms with van der Waals surface area (Å²) >= 11 is 0. The number of hydrogen-bond donors (Lipinski definition) is 2. The van der Waals surface area contributed by atoms with Crippen molar-refractivity contribution in [2.24, 2.45) is 0 Å². The molecule has 0 bridgehead atoms. The summed E-state index contributed by atoms with van der Waals surface area (Å²) in [5.74, 6) is 0.305. The van der Waals surface area contributed by atoms with Crippen molar-refractivity contribution in [3.05, 3.63) is 23.8 Å². The van der Waals surface area contributed by atoms with Crippen molar-refractivity contribution in [3.63, 3.8) is 0 Å². The van der Waals surface area contributed by atoms with Gasteiger partial charge in [0.2, 0.25) is 0 Å². The smallest absolute Gasteiger partial charge is 0.160 e. The van der Waals surface area contributed by atoms with Crippen LogP contribution >= 0.6 is 0 Å². The second kappa shape index (κ2) is 4.49. The van der Waals surface area contributed by atoms with Crippen molar-refractivity contribution >= 4 is 0 Å². The first-order valence-electron chi connectivity index (χ1n) is 4.11. The lowest BCUT2D eigenvalue weighted by Crippen LogP contribution is -1.96. The summed E-state index contributed by atoms with van der Waals surface area (Å²) in [5, 5.41) is 27.2. The van der Waals surface area contributed by atoms with Gasteiger partial charge in [0.1, 0.15) is 0 Å². The second-order valence-corrected chi connectivity index (χ2v) is 2.81. The predicted octanol–water partition coefficient (Wildman–Crippen LogP) is 1.35. The number of aliphatic hydroxyl groups excluding tert-OH is 1. The van der Waals surface area contributed by atoms with Gasteiger partial charge < -0.3 is 14.9 Å². The van der Waals surface area contributed by atoms with E-state index in [0.29, 0.717) is 11.3 Å². The van der Waals surface area contributed by atoms with E-state index in [2.05, 4.69) is 0 Å². The number of aromatic hydroxyl groups is 1. The van der Waals surface area contributed by atoms with Crippen LogP contribution in [0.15, 0.2) is 18.2 Å². The van der Waals surface area contributed by atoms with E-state index < -0.39 is 6.10 Å². The first kappa shape index (κ1) is 10.4. The third-order valence-electron chi connectivity index (χ3n) is 1.87. The van der Waals surface area contributed by atoms with Gasteiger partial charge in [0.25, 0.3) is 0 Å². The third kappa shape index (κ3) is 2.15. The van der Waals surface area contributed by atoms with Gasteiger partial charge in [0, 0.05) is 0 Å². The highest BCUT2D eigenvalue weighted by Gasteiger charge is 2.09. The number of phenols is 1. The van der Waals surface area contributed by atoms with Crippen molar-refractivity contribution < 1.29 is 14.9 Å². The maximum atomic E-state index is 9.43. The zero-order chi connectivity index (χ0) is 10.6. The summed E-state index contributed by atoms with van der Waals surface area (Å²) in [6.07, 6.45) is -0.858. The zero-order valence-electron chi connectivity index (χ0n) is 7.77. The molecule has 1 aromatic carbocycles. The summed E-state index contributed by atoms with van der Waals surface area (Å²) in [6.45, 7) is 0. The lowest BCUT2D eigenvalue weighted by Gasteiger charge is -2.09. The van der Waals surface area contributed by atoms with E-state index in [1.807, 2.05) is 6.07 Å².